The van der Waals surface area contributed by atoms with Gasteiger partial charge in [0.25, 0.3) is 0 Å². The Morgan fingerprint density at radius 3 is 2.34 bits per heavy atom. The lowest BCUT2D eigenvalue weighted by atomic mass is 10.0. The molecule has 0 aliphatic rings. The zero-order chi connectivity index (χ0) is 20.5. The first-order valence-electron chi connectivity index (χ1n) is 9.39. The quantitative estimate of drug-likeness (QED) is 0.283. The molecule has 0 atom stereocenters. The smallest absolute Gasteiger partial charge is 0.344 e. The number of carbonyl (C=O) groups is 1. The van der Waals surface area contributed by atoms with Crippen LogP contribution < -0.4 is 4.74 Å². The van der Waals surface area contributed by atoms with E-state index >= 15 is 0 Å². The fraction of sp³-hybridized carbons (Fsp3) is 0.120. The number of fused-ring (bicyclic) bond motifs is 1. The summed E-state index contributed by atoms with van der Waals surface area (Å²) in [5, 5.41) is 1.43. The highest BCUT2D eigenvalue weighted by molar-refractivity contribution is 6.30. The van der Waals surface area contributed by atoms with Crippen molar-refractivity contribution in [3.8, 4) is 17.0 Å². The van der Waals surface area contributed by atoms with Gasteiger partial charge in [0.1, 0.15) is 5.75 Å². The van der Waals surface area contributed by atoms with Gasteiger partial charge in [-0.2, -0.15) is 0 Å². The summed E-state index contributed by atoms with van der Waals surface area (Å²) in [4.78, 5) is 18.0. The monoisotopic (exact) mass is 401 g/mol. The molecule has 0 saturated carbocycles. The van der Waals surface area contributed by atoms with Crippen LogP contribution in [0.3, 0.4) is 0 Å². The van der Waals surface area contributed by atoms with Gasteiger partial charge in [-0.1, -0.05) is 54.1 Å². The van der Waals surface area contributed by atoms with Crippen molar-refractivity contribution in [1.82, 2.24) is 4.98 Å². The molecule has 0 fully saturated rings. The molecule has 0 bridgehead atoms. The molecule has 0 radical (unpaired) electrons. The minimum atomic E-state index is -0.396. The third kappa shape index (κ3) is 3.74. The van der Waals surface area contributed by atoms with E-state index < -0.39 is 5.97 Å². The lowest BCUT2D eigenvalue weighted by Gasteiger charge is -2.13. The number of rotatable bonds is 3. The largest absolute Gasteiger partial charge is 0.423 e. The molecule has 1 aromatic heterocycles. The fourth-order valence-electron chi connectivity index (χ4n) is 3.32. The van der Waals surface area contributed by atoms with E-state index in [9.17, 15) is 4.79 Å². The van der Waals surface area contributed by atoms with Gasteiger partial charge in [0.2, 0.25) is 0 Å². The van der Waals surface area contributed by atoms with E-state index in [4.69, 9.17) is 21.3 Å². The number of aromatic nitrogens is 1. The number of esters is 1. The van der Waals surface area contributed by atoms with Crippen molar-refractivity contribution in [3.63, 3.8) is 0 Å². The van der Waals surface area contributed by atoms with Crippen LogP contribution in [0, 0.1) is 20.8 Å². The van der Waals surface area contributed by atoms with Crippen molar-refractivity contribution in [1.29, 1.82) is 0 Å². The van der Waals surface area contributed by atoms with Gasteiger partial charge in [0, 0.05) is 16.0 Å². The number of carbonyl (C=O) groups excluding carboxylic acids is 1. The molecule has 3 nitrogen and oxygen atoms in total. The van der Waals surface area contributed by atoms with E-state index in [-0.39, 0.29) is 0 Å². The Morgan fingerprint density at radius 2 is 1.59 bits per heavy atom. The predicted molar refractivity (Wildman–Crippen MR) is 118 cm³/mol. The number of hydrogen-bond donors (Lipinski definition) is 0. The number of aryl methyl sites for hydroxylation is 2. The second kappa shape index (κ2) is 7.69. The summed E-state index contributed by atoms with van der Waals surface area (Å²) in [6.45, 7) is 5.93. The average Bonchev–Trinajstić information content (AvgIpc) is 2.71. The standard InChI is InChI=1S/C25H20ClNO2/c1-15-6-5-9-23(17(15)3)29-25(28)21-14-22(18-10-12-19(26)13-11-18)27-24-16(2)7-4-8-20(21)24/h4-14H,1-3H3. The molecule has 0 unspecified atom stereocenters. The fourth-order valence-corrected chi connectivity index (χ4v) is 3.44. The molecule has 144 valence electrons. The summed E-state index contributed by atoms with van der Waals surface area (Å²) in [5.74, 6) is 0.174. The van der Waals surface area contributed by atoms with Gasteiger partial charge >= 0.3 is 5.97 Å². The zero-order valence-corrected chi connectivity index (χ0v) is 17.2. The van der Waals surface area contributed by atoms with Crippen LogP contribution in [0.15, 0.2) is 66.7 Å². The van der Waals surface area contributed by atoms with Crippen molar-refractivity contribution < 1.29 is 9.53 Å². The summed E-state index contributed by atoms with van der Waals surface area (Å²) in [6, 6.07) is 20.7. The Kier molecular flexibility index (Phi) is 5.08. The summed E-state index contributed by atoms with van der Waals surface area (Å²) >= 11 is 6.02. The minimum absolute atomic E-state index is 0.396. The van der Waals surface area contributed by atoms with Crippen LogP contribution in [0.2, 0.25) is 5.02 Å². The summed E-state index contributed by atoms with van der Waals surface area (Å²) in [7, 11) is 0. The Bertz CT molecular complexity index is 1230. The molecular weight excluding hydrogens is 382 g/mol. The zero-order valence-electron chi connectivity index (χ0n) is 16.5. The van der Waals surface area contributed by atoms with Gasteiger partial charge in [-0.15, -0.1) is 0 Å². The van der Waals surface area contributed by atoms with Crippen molar-refractivity contribution in [2.45, 2.75) is 20.8 Å². The third-order valence-corrected chi connectivity index (χ3v) is 5.41. The first-order valence-corrected chi connectivity index (χ1v) is 9.76. The summed E-state index contributed by atoms with van der Waals surface area (Å²) in [6.07, 6.45) is 0. The van der Waals surface area contributed by atoms with Crippen molar-refractivity contribution in [3.05, 3.63) is 94.0 Å². The molecule has 0 N–H and O–H groups in total. The normalized spacial score (nSPS) is 10.9. The van der Waals surface area contributed by atoms with Crippen LogP contribution in [0.5, 0.6) is 5.75 Å². The van der Waals surface area contributed by atoms with Crippen molar-refractivity contribution in [2.24, 2.45) is 0 Å². The summed E-state index contributed by atoms with van der Waals surface area (Å²) < 4.78 is 5.78. The first-order chi connectivity index (χ1) is 13.9. The average molecular weight is 402 g/mol. The van der Waals surface area contributed by atoms with Gasteiger partial charge in [-0.3, -0.25) is 0 Å². The molecule has 0 aliphatic carbocycles. The lowest BCUT2D eigenvalue weighted by Crippen LogP contribution is -2.11. The van der Waals surface area contributed by atoms with Gasteiger partial charge in [-0.25, -0.2) is 9.78 Å². The van der Waals surface area contributed by atoms with Crippen LogP contribution >= 0.6 is 11.6 Å². The topological polar surface area (TPSA) is 39.2 Å². The molecule has 0 amide bonds. The highest BCUT2D eigenvalue weighted by atomic mass is 35.5. The first kappa shape index (κ1) is 19.2. The number of pyridine rings is 1. The van der Waals surface area contributed by atoms with Gasteiger partial charge < -0.3 is 4.74 Å². The number of halogens is 1. The van der Waals surface area contributed by atoms with Crippen LogP contribution in [-0.4, -0.2) is 11.0 Å². The lowest BCUT2D eigenvalue weighted by molar-refractivity contribution is 0.0735. The van der Waals surface area contributed by atoms with E-state index in [0.717, 1.165) is 33.2 Å². The maximum absolute atomic E-state index is 13.2. The van der Waals surface area contributed by atoms with E-state index in [2.05, 4.69) is 0 Å². The van der Waals surface area contributed by atoms with Crippen molar-refractivity contribution >= 4 is 28.5 Å². The molecule has 0 saturated heterocycles. The maximum Gasteiger partial charge on any atom is 0.344 e. The van der Waals surface area contributed by atoms with E-state index in [1.807, 2.05) is 81.4 Å². The highest BCUT2D eigenvalue weighted by Gasteiger charge is 2.18. The van der Waals surface area contributed by atoms with E-state index in [1.165, 1.54) is 0 Å². The van der Waals surface area contributed by atoms with Gasteiger partial charge in [0.15, 0.2) is 0 Å². The number of para-hydroxylation sites is 1. The predicted octanol–water partition coefficient (Wildman–Crippen LogP) is 6.70. The number of ether oxygens (including phenoxy) is 1. The van der Waals surface area contributed by atoms with E-state index in [0.29, 0.717) is 22.0 Å². The second-order valence-corrected chi connectivity index (χ2v) is 7.56. The molecule has 1 heterocycles. The highest BCUT2D eigenvalue weighted by Crippen LogP contribution is 2.29. The van der Waals surface area contributed by atoms with Gasteiger partial charge in [0.05, 0.1) is 16.8 Å². The summed E-state index contributed by atoms with van der Waals surface area (Å²) in [5.41, 5.74) is 5.90. The molecule has 3 aromatic carbocycles. The van der Waals surface area contributed by atoms with Crippen LogP contribution in [0.4, 0.5) is 0 Å². The van der Waals surface area contributed by atoms with Crippen LogP contribution in [0.1, 0.15) is 27.0 Å². The van der Waals surface area contributed by atoms with E-state index in [1.54, 1.807) is 6.07 Å². The van der Waals surface area contributed by atoms with Gasteiger partial charge in [-0.05, 0) is 61.7 Å². The Labute approximate surface area is 174 Å². The maximum atomic E-state index is 13.2. The number of nitrogens with zero attached hydrogens (tertiary/aromatic N) is 1. The molecule has 0 spiro atoms. The number of hydrogen-bond acceptors (Lipinski definition) is 3. The Morgan fingerprint density at radius 1 is 0.897 bits per heavy atom. The molecule has 4 rings (SSSR count). The molecule has 4 aromatic rings. The molecular formula is C25H20ClNO2. The minimum Gasteiger partial charge on any atom is -0.423 e. The van der Waals surface area contributed by atoms with Crippen LogP contribution in [-0.2, 0) is 0 Å². The molecule has 0 aliphatic heterocycles. The number of benzene rings is 3. The third-order valence-electron chi connectivity index (χ3n) is 5.16. The Hall–Kier alpha value is -3.17. The molecule has 4 heteroatoms. The molecule has 29 heavy (non-hydrogen) atoms. The Balaban J connectivity index is 1.86. The second-order valence-electron chi connectivity index (χ2n) is 7.12. The SMILES string of the molecule is Cc1cccc(OC(=O)c2cc(-c3ccc(Cl)cc3)nc3c(C)cccc23)c1C. The van der Waals surface area contributed by atoms with Crippen molar-refractivity contribution in [2.75, 3.05) is 0 Å². The van der Waals surface area contributed by atoms with Crippen LogP contribution in [0.25, 0.3) is 22.2 Å².